The second-order valence-electron chi connectivity index (χ2n) is 5.67. The Balaban J connectivity index is 1.74. The average molecular weight is 290 g/mol. The summed E-state index contributed by atoms with van der Waals surface area (Å²) in [5, 5.41) is 3.45. The summed E-state index contributed by atoms with van der Waals surface area (Å²) in [5.41, 5.74) is 1.14. The van der Waals surface area contributed by atoms with Gasteiger partial charge in [0.05, 0.1) is 6.61 Å². The number of nitrogens with zero attached hydrogens (tertiary/aromatic N) is 1. The second kappa shape index (κ2) is 8.55. The van der Waals surface area contributed by atoms with Crippen LogP contribution in [-0.4, -0.2) is 37.2 Å². The van der Waals surface area contributed by atoms with Crippen molar-refractivity contribution in [3.63, 3.8) is 0 Å². The van der Waals surface area contributed by atoms with Crippen molar-refractivity contribution in [3.05, 3.63) is 30.3 Å². The van der Waals surface area contributed by atoms with Gasteiger partial charge in [0.1, 0.15) is 0 Å². The summed E-state index contributed by atoms with van der Waals surface area (Å²) in [6.07, 6.45) is 4.07. The predicted octanol–water partition coefficient (Wildman–Crippen LogP) is 3.75. The maximum Gasteiger partial charge on any atom is 0.409 e. The lowest BCUT2D eigenvalue weighted by Gasteiger charge is -2.32. The number of carbonyl (C=O) groups excluding carboxylic acids is 1. The van der Waals surface area contributed by atoms with Gasteiger partial charge in [-0.05, 0) is 37.3 Å². The molecule has 2 rings (SSSR count). The normalized spacial score (nSPS) is 18.3. The highest BCUT2D eigenvalue weighted by atomic mass is 16.6. The summed E-state index contributed by atoms with van der Waals surface area (Å²) in [6, 6.07) is 10.2. The summed E-state index contributed by atoms with van der Waals surface area (Å²) in [7, 11) is 0. The smallest absolute Gasteiger partial charge is 0.409 e. The van der Waals surface area contributed by atoms with E-state index in [0.717, 1.165) is 44.6 Å². The van der Waals surface area contributed by atoms with Crippen molar-refractivity contribution in [1.29, 1.82) is 0 Å². The van der Waals surface area contributed by atoms with Gasteiger partial charge in [-0.3, -0.25) is 0 Å². The van der Waals surface area contributed by atoms with E-state index >= 15 is 0 Å². The predicted molar refractivity (Wildman–Crippen MR) is 85.5 cm³/mol. The Morgan fingerprint density at radius 3 is 2.95 bits per heavy atom. The Kier molecular flexibility index (Phi) is 6.38. The molecule has 1 atom stereocenters. The first kappa shape index (κ1) is 15.7. The third kappa shape index (κ3) is 5.29. The summed E-state index contributed by atoms with van der Waals surface area (Å²) >= 11 is 0. The first-order chi connectivity index (χ1) is 10.3. The average Bonchev–Trinajstić information content (AvgIpc) is 2.54. The molecule has 1 aromatic carbocycles. The number of carbonyl (C=O) groups is 1. The van der Waals surface area contributed by atoms with Crippen molar-refractivity contribution >= 4 is 11.8 Å². The second-order valence-corrected chi connectivity index (χ2v) is 5.67. The minimum atomic E-state index is -0.145. The van der Waals surface area contributed by atoms with Gasteiger partial charge in [0.2, 0.25) is 0 Å². The van der Waals surface area contributed by atoms with Crippen LogP contribution in [0.25, 0.3) is 0 Å². The standard InChI is InChI=1S/C17H26N2O2/c1-2-3-12-21-17(20)19-11-7-8-15(14-19)13-18-16-9-5-4-6-10-16/h4-6,9-10,15,18H,2-3,7-8,11-14H2,1H3. The number of unbranched alkanes of at least 4 members (excludes halogenated alkanes) is 1. The highest BCUT2D eigenvalue weighted by Crippen LogP contribution is 2.18. The molecule has 1 unspecified atom stereocenters. The fourth-order valence-corrected chi connectivity index (χ4v) is 2.61. The molecule has 1 aromatic rings. The van der Waals surface area contributed by atoms with E-state index in [2.05, 4.69) is 24.4 Å². The Hall–Kier alpha value is -1.71. The van der Waals surface area contributed by atoms with Gasteiger partial charge in [-0.25, -0.2) is 4.79 Å². The number of hydrogen-bond donors (Lipinski definition) is 1. The summed E-state index contributed by atoms with van der Waals surface area (Å²) < 4.78 is 5.30. The van der Waals surface area contributed by atoms with Crippen LogP contribution in [-0.2, 0) is 4.74 Å². The van der Waals surface area contributed by atoms with Crippen LogP contribution in [0.15, 0.2) is 30.3 Å². The van der Waals surface area contributed by atoms with Gasteiger partial charge in [0.25, 0.3) is 0 Å². The molecule has 0 saturated carbocycles. The highest BCUT2D eigenvalue weighted by molar-refractivity contribution is 5.67. The number of amides is 1. The minimum absolute atomic E-state index is 0.145. The van der Waals surface area contributed by atoms with Crippen LogP contribution in [0.1, 0.15) is 32.6 Å². The van der Waals surface area contributed by atoms with Crippen LogP contribution in [0.2, 0.25) is 0 Å². The van der Waals surface area contributed by atoms with Crippen molar-refractivity contribution in [2.75, 3.05) is 31.6 Å². The Labute approximate surface area is 127 Å². The lowest BCUT2D eigenvalue weighted by atomic mass is 9.98. The lowest BCUT2D eigenvalue weighted by molar-refractivity contribution is 0.0848. The van der Waals surface area contributed by atoms with E-state index < -0.39 is 0 Å². The zero-order valence-electron chi connectivity index (χ0n) is 12.9. The van der Waals surface area contributed by atoms with Gasteiger partial charge >= 0.3 is 6.09 Å². The van der Waals surface area contributed by atoms with Crippen LogP contribution < -0.4 is 5.32 Å². The number of anilines is 1. The zero-order valence-corrected chi connectivity index (χ0v) is 12.9. The molecule has 21 heavy (non-hydrogen) atoms. The summed E-state index contributed by atoms with van der Waals surface area (Å²) in [5.74, 6) is 0.498. The largest absolute Gasteiger partial charge is 0.449 e. The molecule has 0 aliphatic carbocycles. The minimum Gasteiger partial charge on any atom is -0.449 e. The Morgan fingerprint density at radius 2 is 2.19 bits per heavy atom. The van der Waals surface area contributed by atoms with Crippen LogP contribution >= 0.6 is 0 Å². The van der Waals surface area contributed by atoms with Gasteiger partial charge in [-0.15, -0.1) is 0 Å². The molecule has 4 nitrogen and oxygen atoms in total. The number of hydrogen-bond acceptors (Lipinski definition) is 3. The van der Waals surface area contributed by atoms with E-state index in [1.807, 2.05) is 23.1 Å². The van der Waals surface area contributed by atoms with Crippen molar-refractivity contribution in [1.82, 2.24) is 4.90 Å². The third-order valence-corrected chi connectivity index (χ3v) is 3.87. The molecule has 4 heteroatoms. The maximum atomic E-state index is 12.0. The maximum absolute atomic E-state index is 12.0. The zero-order chi connectivity index (χ0) is 14.9. The Morgan fingerprint density at radius 1 is 1.38 bits per heavy atom. The van der Waals surface area contributed by atoms with Gasteiger partial charge in [-0.1, -0.05) is 31.5 Å². The molecule has 1 aliphatic heterocycles. The molecular weight excluding hydrogens is 264 g/mol. The van der Waals surface area contributed by atoms with Gasteiger partial charge in [0, 0.05) is 25.3 Å². The van der Waals surface area contributed by atoms with Crippen molar-refractivity contribution in [3.8, 4) is 0 Å². The monoisotopic (exact) mass is 290 g/mol. The van der Waals surface area contributed by atoms with E-state index in [1.54, 1.807) is 0 Å². The quantitative estimate of drug-likeness (QED) is 0.811. The number of nitrogens with one attached hydrogen (secondary N) is 1. The molecule has 0 aromatic heterocycles. The van der Waals surface area contributed by atoms with Crippen LogP contribution in [0.5, 0.6) is 0 Å². The number of likely N-dealkylation sites (tertiary alicyclic amines) is 1. The molecule has 1 N–H and O–H groups in total. The van der Waals surface area contributed by atoms with E-state index in [0.29, 0.717) is 12.5 Å². The van der Waals surface area contributed by atoms with Crippen molar-refractivity contribution in [2.24, 2.45) is 5.92 Å². The lowest BCUT2D eigenvalue weighted by Crippen LogP contribution is -2.42. The van der Waals surface area contributed by atoms with E-state index in [9.17, 15) is 4.79 Å². The topological polar surface area (TPSA) is 41.6 Å². The molecule has 1 heterocycles. The van der Waals surface area contributed by atoms with E-state index in [-0.39, 0.29) is 6.09 Å². The number of piperidine rings is 1. The first-order valence-electron chi connectivity index (χ1n) is 8.00. The number of benzene rings is 1. The number of para-hydroxylation sites is 1. The van der Waals surface area contributed by atoms with Gasteiger partial charge < -0.3 is 15.0 Å². The molecule has 116 valence electrons. The molecule has 0 bridgehead atoms. The van der Waals surface area contributed by atoms with Crippen LogP contribution in [0, 0.1) is 5.92 Å². The molecule has 1 aliphatic rings. The van der Waals surface area contributed by atoms with Crippen molar-refractivity contribution in [2.45, 2.75) is 32.6 Å². The molecule has 1 saturated heterocycles. The van der Waals surface area contributed by atoms with E-state index in [1.165, 1.54) is 6.42 Å². The number of rotatable bonds is 6. The summed E-state index contributed by atoms with van der Waals surface area (Å²) in [4.78, 5) is 13.8. The SMILES string of the molecule is CCCCOC(=O)N1CCCC(CNc2ccccc2)C1. The fourth-order valence-electron chi connectivity index (χ4n) is 2.61. The molecule has 0 radical (unpaired) electrons. The molecule has 1 amide bonds. The van der Waals surface area contributed by atoms with Gasteiger partial charge in [-0.2, -0.15) is 0 Å². The number of ether oxygens (including phenoxy) is 1. The molecule has 0 spiro atoms. The van der Waals surface area contributed by atoms with E-state index in [4.69, 9.17) is 4.74 Å². The highest BCUT2D eigenvalue weighted by Gasteiger charge is 2.24. The Bertz CT molecular complexity index is 422. The summed E-state index contributed by atoms with van der Waals surface area (Å²) in [6.45, 7) is 5.17. The fraction of sp³-hybridized carbons (Fsp3) is 0.588. The first-order valence-corrected chi connectivity index (χ1v) is 8.00. The van der Waals surface area contributed by atoms with Crippen LogP contribution in [0.4, 0.5) is 10.5 Å². The third-order valence-electron chi connectivity index (χ3n) is 3.87. The van der Waals surface area contributed by atoms with Gasteiger partial charge in [0.15, 0.2) is 0 Å². The van der Waals surface area contributed by atoms with Crippen molar-refractivity contribution < 1.29 is 9.53 Å². The molecule has 1 fully saturated rings. The molecular formula is C17H26N2O2. The van der Waals surface area contributed by atoms with Crippen LogP contribution in [0.3, 0.4) is 0 Å².